The average Bonchev–Trinajstić information content (AvgIpc) is 2.41. The zero-order chi connectivity index (χ0) is 14.0. The van der Waals surface area contributed by atoms with E-state index in [1.807, 2.05) is 22.6 Å². The Labute approximate surface area is 127 Å². The van der Waals surface area contributed by atoms with Crippen molar-refractivity contribution >= 4 is 40.0 Å². The summed E-state index contributed by atoms with van der Waals surface area (Å²) in [7, 11) is 1.29. The smallest absolute Gasteiger partial charge is 0.250 e. The summed E-state index contributed by atoms with van der Waals surface area (Å²) < 4.78 is 19.5. The van der Waals surface area contributed by atoms with Crippen molar-refractivity contribution in [3.63, 3.8) is 0 Å². The van der Waals surface area contributed by atoms with Crippen LogP contribution >= 0.6 is 34.2 Å². The van der Waals surface area contributed by atoms with Crippen LogP contribution in [0.4, 0.5) is 4.39 Å². The van der Waals surface area contributed by atoms with Crippen LogP contribution in [-0.4, -0.2) is 17.9 Å². The first-order valence-corrected chi connectivity index (χ1v) is 6.68. The molecule has 0 aliphatic heterocycles. The highest BCUT2D eigenvalue weighted by Crippen LogP contribution is 2.24. The summed E-state index contributed by atoms with van der Waals surface area (Å²) in [6.45, 7) is 0. The van der Waals surface area contributed by atoms with E-state index in [1.54, 1.807) is 12.1 Å². The predicted octanol–water partition coefficient (Wildman–Crippen LogP) is 3.72. The van der Waals surface area contributed by atoms with Gasteiger partial charge in [-0.15, -0.1) is 0 Å². The quantitative estimate of drug-likeness (QED) is 0.591. The first kappa shape index (κ1) is 14.2. The molecule has 0 aliphatic rings. The van der Waals surface area contributed by atoms with E-state index in [0.29, 0.717) is 14.2 Å². The third kappa shape index (κ3) is 2.87. The second kappa shape index (κ2) is 5.83. The number of carbonyl (C=O) groups excluding carboxylic acids is 1. The third-order valence-electron chi connectivity index (χ3n) is 2.47. The van der Waals surface area contributed by atoms with Gasteiger partial charge in [-0.1, -0.05) is 11.6 Å². The molecule has 98 valence electrons. The van der Waals surface area contributed by atoms with Crippen LogP contribution in [0, 0.1) is 9.39 Å². The Balaban J connectivity index is 2.53. The summed E-state index contributed by atoms with van der Waals surface area (Å²) in [5.74, 6) is -1.43. The summed E-state index contributed by atoms with van der Waals surface area (Å²) >= 11 is 7.86. The Morgan fingerprint density at radius 3 is 2.79 bits per heavy atom. The molecule has 1 aromatic carbocycles. The van der Waals surface area contributed by atoms with Crippen molar-refractivity contribution < 1.29 is 13.9 Å². The van der Waals surface area contributed by atoms with Gasteiger partial charge >= 0.3 is 0 Å². The third-order valence-corrected chi connectivity index (χ3v) is 3.64. The fraction of sp³-hybridized carbons (Fsp3) is 0.0769. The van der Waals surface area contributed by atoms with E-state index >= 15 is 0 Å². The summed E-state index contributed by atoms with van der Waals surface area (Å²) in [5.41, 5.74) is 0.257. The molecule has 0 amide bonds. The van der Waals surface area contributed by atoms with Crippen LogP contribution < -0.4 is 4.74 Å². The van der Waals surface area contributed by atoms with Gasteiger partial charge in [0.1, 0.15) is 0 Å². The van der Waals surface area contributed by atoms with E-state index in [-0.39, 0.29) is 11.4 Å². The first-order chi connectivity index (χ1) is 9.04. The number of pyridine rings is 1. The second-order valence-corrected chi connectivity index (χ2v) is 5.23. The number of halogens is 3. The highest BCUT2D eigenvalue weighted by Gasteiger charge is 2.20. The molecule has 0 atom stereocenters. The SMILES string of the molecule is COc1nccc(C(=O)c2cc(Cl)ccc2I)c1F. The first-order valence-electron chi connectivity index (χ1n) is 5.23. The molecule has 1 heterocycles. The number of hydrogen-bond acceptors (Lipinski definition) is 3. The lowest BCUT2D eigenvalue weighted by atomic mass is 10.0. The molecule has 3 nitrogen and oxygen atoms in total. The lowest BCUT2D eigenvalue weighted by molar-refractivity contribution is 0.103. The van der Waals surface area contributed by atoms with Crippen molar-refractivity contribution in [1.29, 1.82) is 0 Å². The minimum Gasteiger partial charge on any atom is -0.479 e. The van der Waals surface area contributed by atoms with E-state index in [9.17, 15) is 9.18 Å². The molecule has 0 N–H and O–H groups in total. The highest BCUT2D eigenvalue weighted by molar-refractivity contribution is 14.1. The standard InChI is InChI=1S/C13H8ClFINO2/c1-19-13-11(15)8(4-5-17-13)12(18)9-6-7(14)2-3-10(9)16/h2-6H,1H3. The molecular weight excluding hydrogens is 384 g/mol. The lowest BCUT2D eigenvalue weighted by Crippen LogP contribution is -2.08. The number of aromatic nitrogens is 1. The zero-order valence-corrected chi connectivity index (χ0v) is 12.7. The number of ketones is 1. The van der Waals surface area contributed by atoms with Crippen molar-refractivity contribution in [3.05, 3.63) is 56.0 Å². The Morgan fingerprint density at radius 2 is 2.11 bits per heavy atom. The molecule has 19 heavy (non-hydrogen) atoms. The summed E-state index contributed by atoms with van der Waals surface area (Å²) in [6, 6.07) is 6.20. The Morgan fingerprint density at radius 1 is 1.37 bits per heavy atom. The lowest BCUT2D eigenvalue weighted by Gasteiger charge is -2.07. The molecule has 0 bridgehead atoms. The minimum absolute atomic E-state index is 0.0907. The number of benzene rings is 1. The van der Waals surface area contributed by atoms with Gasteiger partial charge in [0.15, 0.2) is 11.6 Å². The van der Waals surface area contributed by atoms with E-state index in [0.717, 1.165) is 0 Å². The number of methoxy groups -OCH3 is 1. The maximum Gasteiger partial charge on any atom is 0.250 e. The molecule has 0 radical (unpaired) electrons. The van der Waals surface area contributed by atoms with Gasteiger partial charge in [0.2, 0.25) is 0 Å². The second-order valence-electron chi connectivity index (χ2n) is 3.64. The molecule has 0 spiro atoms. The Bertz CT molecular complexity index is 649. The Kier molecular flexibility index (Phi) is 4.36. The normalized spacial score (nSPS) is 10.3. The molecule has 1 aromatic heterocycles. The number of carbonyl (C=O) groups is 1. The van der Waals surface area contributed by atoms with Crippen LogP contribution in [0.5, 0.6) is 5.88 Å². The summed E-state index contributed by atoms with van der Waals surface area (Å²) in [4.78, 5) is 16.0. The molecule has 0 unspecified atom stereocenters. The van der Waals surface area contributed by atoms with Crippen molar-refractivity contribution in [2.75, 3.05) is 7.11 Å². The molecule has 0 saturated heterocycles. The Hall–Kier alpha value is -1.21. The van der Waals surface area contributed by atoms with E-state index in [2.05, 4.69) is 4.98 Å². The van der Waals surface area contributed by atoms with Gasteiger partial charge in [-0.3, -0.25) is 4.79 Å². The monoisotopic (exact) mass is 391 g/mol. The van der Waals surface area contributed by atoms with Crippen molar-refractivity contribution in [1.82, 2.24) is 4.98 Å². The fourth-order valence-corrected chi connectivity index (χ4v) is 2.31. The van der Waals surface area contributed by atoms with Gasteiger partial charge < -0.3 is 4.74 Å². The summed E-state index contributed by atoms with van der Waals surface area (Å²) in [5, 5.41) is 0.421. The molecular formula is C13H8ClFINO2. The number of ether oxygens (including phenoxy) is 1. The van der Waals surface area contributed by atoms with Gasteiger partial charge in [-0.05, 0) is 46.9 Å². The number of hydrogen-bond donors (Lipinski definition) is 0. The molecule has 2 aromatic rings. The van der Waals surface area contributed by atoms with Crippen LogP contribution in [0.25, 0.3) is 0 Å². The topological polar surface area (TPSA) is 39.2 Å². The maximum atomic E-state index is 14.0. The molecule has 0 aliphatic carbocycles. The van der Waals surface area contributed by atoms with Crippen molar-refractivity contribution in [3.8, 4) is 5.88 Å². The zero-order valence-electron chi connectivity index (χ0n) is 9.78. The summed E-state index contributed by atoms with van der Waals surface area (Å²) in [6.07, 6.45) is 1.33. The van der Waals surface area contributed by atoms with Crippen LogP contribution in [0.2, 0.25) is 5.02 Å². The van der Waals surface area contributed by atoms with Crippen molar-refractivity contribution in [2.45, 2.75) is 0 Å². The molecule has 0 saturated carbocycles. The van der Waals surface area contributed by atoms with Crippen LogP contribution in [0.15, 0.2) is 30.5 Å². The highest BCUT2D eigenvalue weighted by atomic mass is 127. The number of nitrogens with zero attached hydrogens (tertiary/aromatic N) is 1. The van der Waals surface area contributed by atoms with Gasteiger partial charge in [-0.2, -0.15) is 0 Å². The largest absolute Gasteiger partial charge is 0.479 e. The predicted molar refractivity (Wildman–Crippen MR) is 78.3 cm³/mol. The van der Waals surface area contributed by atoms with Gasteiger partial charge in [0.05, 0.1) is 12.7 Å². The number of rotatable bonds is 3. The van der Waals surface area contributed by atoms with Gasteiger partial charge in [-0.25, -0.2) is 9.37 Å². The van der Waals surface area contributed by atoms with E-state index < -0.39 is 11.6 Å². The fourth-order valence-electron chi connectivity index (χ4n) is 1.56. The maximum absolute atomic E-state index is 14.0. The average molecular weight is 392 g/mol. The van der Waals surface area contributed by atoms with Crippen LogP contribution in [0.1, 0.15) is 15.9 Å². The van der Waals surface area contributed by atoms with Crippen molar-refractivity contribution in [2.24, 2.45) is 0 Å². The van der Waals surface area contributed by atoms with Gasteiger partial charge in [0, 0.05) is 20.4 Å². The van der Waals surface area contributed by atoms with E-state index in [1.165, 1.54) is 25.4 Å². The molecule has 2 rings (SSSR count). The van der Waals surface area contributed by atoms with E-state index in [4.69, 9.17) is 16.3 Å². The molecule has 6 heteroatoms. The van der Waals surface area contributed by atoms with Gasteiger partial charge in [0.25, 0.3) is 5.88 Å². The van der Waals surface area contributed by atoms with Crippen LogP contribution in [-0.2, 0) is 0 Å². The minimum atomic E-state index is -0.772. The van der Waals surface area contributed by atoms with Crippen LogP contribution in [0.3, 0.4) is 0 Å². The molecule has 0 fully saturated rings.